The Balaban J connectivity index is 1.82. The first-order valence-corrected chi connectivity index (χ1v) is 18.4. The molecule has 0 aromatic heterocycles. The summed E-state index contributed by atoms with van der Waals surface area (Å²) in [6.45, 7) is 15.3. The van der Waals surface area contributed by atoms with Crippen LogP contribution in [0.25, 0.3) is 0 Å². The summed E-state index contributed by atoms with van der Waals surface area (Å²) in [5.41, 5.74) is -3.42. The number of ether oxygens (including phenoxy) is 7. The molecule has 14 nitrogen and oxygen atoms in total. The van der Waals surface area contributed by atoms with Gasteiger partial charge in [-0.15, -0.1) is 0 Å². The SMILES string of the molecule is C=C1[C@H](OC(C)=O)[C@@H](OC(=O)c2ccccc2)[C@@H](OC(=O)c2ccccc2)C(C)(C)[C@H]2O[C@H]2[C@@H](C)C(=O)[C@@]2(OC(C)=O)C[C@H](C)[C@H](OC(C)=O)[C@@H]2[C@H]1OC(C)=O. The molecule has 1 aliphatic heterocycles. The Bertz CT molecular complexity index is 1870. The van der Waals surface area contributed by atoms with Gasteiger partial charge in [0.2, 0.25) is 0 Å². The van der Waals surface area contributed by atoms with Gasteiger partial charge in [-0.1, -0.05) is 70.7 Å². The van der Waals surface area contributed by atoms with Crippen LogP contribution in [0.3, 0.4) is 0 Å². The van der Waals surface area contributed by atoms with Crippen molar-refractivity contribution in [3.8, 4) is 0 Å². The second-order valence-corrected chi connectivity index (χ2v) is 15.3. The Kier molecular flexibility index (Phi) is 12.2. The van der Waals surface area contributed by atoms with Gasteiger partial charge >= 0.3 is 35.8 Å². The van der Waals surface area contributed by atoms with Crippen molar-refractivity contribution in [1.29, 1.82) is 0 Å². The van der Waals surface area contributed by atoms with E-state index in [1.54, 1.807) is 64.1 Å². The van der Waals surface area contributed by atoms with Crippen LogP contribution in [0, 0.1) is 23.2 Å². The molecule has 2 aliphatic carbocycles. The predicted octanol–water partition coefficient (Wildman–Crippen LogP) is 4.76. The second-order valence-electron chi connectivity index (χ2n) is 15.3. The summed E-state index contributed by atoms with van der Waals surface area (Å²) in [6.07, 6.45) is -9.79. The van der Waals surface area contributed by atoms with Crippen LogP contribution in [0.4, 0.5) is 0 Å². The summed E-state index contributed by atoms with van der Waals surface area (Å²) in [5.74, 6) is -8.85. The van der Waals surface area contributed by atoms with Crippen LogP contribution in [0.1, 0.15) is 82.5 Å². The minimum atomic E-state index is -2.09. The number of esters is 6. The van der Waals surface area contributed by atoms with Crippen LogP contribution >= 0.6 is 0 Å². The van der Waals surface area contributed by atoms with Crippen molar-refractivity contribution >= 4 is 41.6 Å². The van der Waals surface area contributed by atoms with Crippen molar-refractivity contribution in [2.75, 3.05) is 0 Å². The molecule has 5 rings (SSSR count). The summed E-state index contributed by atoms with van der Waals surface area (Å²) < 4.78 is 42.5. The summed E-state index contributed by atoms with van der Waals surface area (Å²) in [6, 6.07) is 15.9. The third-order valence-electron chi connectivity index (χ3n) is 10.8. The van der Waals surface area contributed by atoms with E-state index in [0.29, 0.717) is 0 Å². The molecule has 2 aromatic carbocycles. The monoisotopic (exact) mass is 776 g/mol. The fourth-order valence-corrected chi connectivity index (χ4v) is 8.33. The van der Waals surface area contributed by atoms with Crippen LogP contribution in [0.5, 0.6) is 0 Å². The standard InChI is InChI=1S/C42H48O14/c1-21-20-42(56-27(7)46)30(31(21)50-24(4)43)32(51-25(5)44)22(2)33(52-26(6)45)35(54-39(48)28-16-12-10-13-17-28)38(55-40(49)29-18-14-11-15-19-29)41(8,9)37-34(53-37)23(3)36(42)47/h10-19,21,23,30-35,37-38H,2,20H2,1,3-9H3/t21-,23+,30+,31-,32-,33-,34-,35+,37-,38+,42+/m0/s1. The molecule has 0 radical (unpaired) electrons. The molecular formula is C42H48O14. The number of hydrogen-bond donors (Lipinski definition) is 0. The molecule has 1 heterocycles. The predicted molar refractivity (Wildman–Crippen MR) is 195 cm³/mol. The minimum Gasteiger partial charge on any atom is -0.462 e. The molecule has 2 aromatic rings. The Labute approximate surface area is 325 Å². The van der Waals surface area contributed by atoms with Gasteiger partial charge in [0.1, 0.15) is 12.2 Å². The Morgan fingerprint density at radius 2 is 1.18 bits per heavy atom. The maximum Gasteiger partial charge on any atom is 0.338 e. The van der Waals surface area contributed by atoms with Crippen LogP contribution in [0.15, 0.2) is 72.8 Å². The van der Waals surface area contributed by atoms with E-state index >= 15 is 4.79 Å². The zero-order chi connectivity index (χ0) is 41.3. The molecule has 2 saturated carbocycles. The highest BCUT2D eigenvalue weighted by atomic mass is 16.6. The van der Waals surface area contributed by atoms with Gasteiger partial charge in [0.25, 0.3) is 0 Å². The highest BCUT2D eigenvalue weighted by Crippen LogP contribution is 2.54. The van der Waals surface area contributed by atoms with E-state index in [9.17, 15) is 28.8 Å². The first kappa shape index (κ1) is 41.8. The van der Waals surface area contributed by atoms with Crippen LogP contribution < -0.4 is 0 Å². The molecule has 300 valence electrons. The average Bonchev–Trinajstić information content (AvgIpc) is 3.91. The van der Waals surface area contributed by atoms with Gasteiger partial charge in [0, 0.05) is 51.0 Å². The van der Waals surface area contributed by atoms with Crippen molar-refractivity contribution in [1.82, 2.24) is 0 Å². The number of rotatable bonds is 8. The largest absolute Gasteiger partial charge is 0.462 e. The van der Waals surface area contributed by atoms with Gasteiger partial charge in [-0.25, -0.2) is 9.59 Å². The number of fused-ring (bicyclic) bond motifs is 2. The first-order chi connectivity index (χ1) is 26.3. The highest BCUT2D eigenvalue weighted by molar-refractivity contribution is 5.93. The molecule has 0 amide bonds. The molecule has 1 saturated heterocycles. The van der Waals surface area contributed by atoms with E-state index in [4.69, 9.17) is 33.2 Å². The smallest absolute Gasteiger partial charge is 0.338 e. The zero-order valence-corrected chi connectivity index (χ0v) is 32.7. The number of Topliss-reactive ketones (excluding diaryl/α,β-unsaturated/α-hetero) is 1. The first-order valence-electron chi connectivity index (χ1n) is 18.4. The zero-order valence-electron chi connectivity index (χ0n) is 32.7. The van der Waals surface area contributed by atoms with E-state index in [0.717, 1.165) is 27.7 Å². The van der Waals surface area contributed by atoms with Gasteiger partial charge in [-0.05, 0) is 30.2 Å². The van der Waals surface area contributed by atoms with Gasteiger partial charge in [0.15, 0.2) is 29.7 Å². The molecule has 0 spiro atoms. The van der Waals surface area contributed by atoms with Crippen LogP contribution in [0.2, 0.25) is 0 Å². The van der Waals surface area contributed by atoms with Crippen LogP contribution in [-0.2, 0) is 57.1 Å². The Morgan fingerprint density at radius 1 is 0.679 bits per heavy atom. The Morgan fingerprint density at radius 3 is 1.68 bits per heavy atom. The topological polar surface area (TPSA) is 187 Å². The summed E-state index contributed by atoms with van der Waals surface area (Å²) >= 11 is 0. The third kappa shape index (κ3) is 8.40. The average molecular weight is 777 g/mol. The lowest BCUT2D eigenvalue weighted by atomic mass is 9.69. The van der Waals surface area contributed by atoms with Crippen molar-refractivity contribution in [3.63, 3.8) is 0 Å². The molecule has 14 heteroatoms. The molecule has 0 unspecified atom stereocenters. The highest BCUT2D eigenvalue weighted by Gasteiger charge is 2.69. The Hall–Kier alpha value is -5.37. The number of hydrogen-bond acceptors (Lipinski definition) is 14. The van der Waals surface area contributed by atoms with Gasteiger partial charge < -0.3 is 33.2 Å². The lowest BCUT2D eigenvalue weighted by molar-refractivity contribution is -0.188. The van der Waals surface area contributed by atoms with E-state index in [-0.39, 0.29) is 23.1 Å². The molecule has 0 N–H and O–H groups in total. The third-order valence-corrected chi connectivity index (χ3v) is 10.8. The number of benzene rings is 2. The lowest BCUT2D eigenvalue weighted by Crippen LogP contribution is -2.60. The van der Waals surface area contributed by atoms with Crippen molar-refractivity contribution in [2.45, 2.75) is 110 Å². The van der Waals surface area contributed by atoms with E-state index in [2.05, 4.69) is 6.58 Å². The second kappa shape index (κ2) is 16.4. The molecule has 0 bridgehead atoms. The van der Waals surface area contributed by atoms with E-state index < -0.39 is 113 Å². The quantitative estimate of drug-likeness (QED) is 0.155. The lowest BCUT2D eigenvalue weighted by Gasteiger charge is -2.45. The molecule has 11 atom stereocenters. The van der Waals surface area contributed by atoms with Gasteiger partial charge in [0.05, 0.1) is 29.3 Å². The molecular weight excluding hydrogens is 728 g/mol. The fourth-order valence-electron chi connectivity index (χ4n) is 8.33. The summed E-state index contributed by atoms with van der Waals surface area (Å²) in [7, 11) is 0. The fraction of sp³-hybridized carbons (Fsp3) is 0.500. The molecule has 3 aliphatic rings. The van der Waals surface area contributed by atoms with E-state index in [1.807, 2.05) is 0 Å². The summed E-state index contributed by atoms with van der Waals surface area (Å²) in [5, 5.41) is 0. The maximum absolute atomic E-state index is 15.0. The van der Waals surface area contributed by atoms with Crippen LogP contribution in [-0.4, -0.2) is 89.9 Å². The number of carbonyl (C=O) groups is 7. The molecule has 3 fully saturated rings. The normalized spacial score (nSPS) is 32.1. The summed E-state index contributed by atoms with van der Waals surface area (Å²) in [4.78, 5) is 94.8. The number of epoxide rings is 1. The van der Waals surface area contributed by atoms with Crippen molar-refractivity contribution in [3.05, 3.63) is 83.9 Å². The molecule has 56 heavy (non-hydrogen) atoms. The maximum atomic E-state index is 15.0. The number of carbonyl (C=O) groups excluding carboxylic acids is 7. The van der Waals surface area contributed by atoms with E-state index in [1.165, 1.54) is 24.3 Å². The van der Waals surface area contributed by atoms with Crippen molar-refractivity contribution < 1.29 is 66.7 Å². The number of ketones is 1. The van der Waals surface area contributed by atoms with Crippen molar-refractivity contribution in [2.24, 2.45) is 23.2 Å². The van der Waals surface area contributed by atoms with Gasteiger partial charge in [-0.3, -0.25) is 24.0 Å². The van der Waals surface area contributed by atoms with Gasteiger partial charge in [-0.2, -0.15) is 0 Å². The minimum absolute atomic E-state index is 0.0986.